The number of hydrogen-bond acceptors (Lipinski definition) is 3. The van der Waals surface area contributed by atoms with Crippen LogP contribution in [0.1, 0.15) is 12.8 Å². The van der Waals surface area contributed by atoms with E-state index in [2.05, 4.69) is 5.16 Å². The molecule has 0 aromatic rings. The first-order chi connectivity index (χ1) is 5.43. The Bertz CT molecular complexity index is 194. The fraction of sp³-hybridized carbons (Fsp3) is 0.375. The van der Waals surface area contributed by atoms with Crippen LogP contribution in [0.5, 0.6) is 0 Å². The molecule has 3 nitrogen and oxygen atoms in total. The summed E-state index contributed by atoms with van der Waals surface area (Å²) in [4.78, 5) is 4.71. The molecular weight excluding hydrogens is 140 g/mol. The van der Waals surface area contributed by atoms with E-state index in [0.717, 1.165) is 19.4 Å². The second-order valence-corrected chi connectivity index (χ2v) is 2.30. The normalized spacial score (nSPS) is 15.5. The molecular formula is C8H12N2O. The Labute approximate surface area is 66.2 Å². The lowest BCUT2D eigenvalue weighted by Gasteiger charge is -1.95. The van der Waals surface area contributed by atoms with Crippen LogP contribution in [-0.2, 0) is 4.84 Å². The van der Waals surface area contributed by atoms with Gasteiger partial charge in [0, 0.05) is 0 Å². The summed E-state index contributed by atoms with van der Waals surface area (Å²) in [5, 5.41) is 3.61. The van der Waals surface area contributed by atoms with Crippen molar-refractivity contribution in [2.24, 2.45) is 10.9 Å². The smallest absolute Gasteiger partial charge is 0.122 e. The molecule has 60 valence electrons. The number of hydrogen-bond donors (Lipinski definition) is 1. The van der Waals surface area contributed by atoms with Gasteiger partial charge in [0.15, 0.2) is 0 Å². The Balaban J connectivity index is 2.42. The van der Waals surface area contributed by atoms with Crippen LogP contribution in [-0.4, -0.2) is 12.8 Å². The van der Waals surface area contributed by atoms with Crippen LogP contribution in [0.4, 0.5) is 0 Å². The van der Waals surface area contributed by atoms with E-state index >= 15 is 0 Å². The molecule has 0 aromatic heterocycles. The zero-order chi connectivity index (χ0) is 7.94. The molecule has 3 heteroatoms. The molecule has 0 atom stereocenters. The van der Waals surface area contributed by atoms with Gasteiger partial charge in [0.05, 0.1) is 6.21 Å². The lowest BCUT2D eigenvalue weighted by atomic mass is 10.1. The van der Waals surface area contributed by atoms with E-state index < -0.39 is 0 Å². The molecule has 2 N–H and O–H groups in total. The third-order valence-electron chi connectivity index (χ3n) is 1.42. The van der Waals surface area contributed by atoms with Crippen molar-refractivity contribution in [3.63, 3.8) is 0 Å². The van der Waals surface area contributed by atoms with Gasteiger partial charge in [-0.25, -0.2) is 0 Å². The highest BCUT2D eigenvalue weighted by Crippen LogP contribution is 2.07. The van der Waals surface area contributed by atoms with Gasteiger partial charge in [0.25, 0.3) is 0 Å². The summed E-state index contributed by atoms with van der Waals surface area (Å²) in [7, 11) is 0. The van der Waals surface area contributed by atoms with Gasteiger partial charge >= 0.3 is 0 Å². The van der Waals surface area contributed by atoms with Crippen molar-refractivity contribution in [3.8, 4) is 0 Å². The predicted molar refractivity (Wildman–Crippen MR) is 45.1 cm³/mol. The maximum absolute atomic E-state index is 5.37. The third kappa shape index (κ3) is 3.00. The highest BCUT2D eigenvalue weighted by molar-refractivity contribution is 5.72. The van der Waals surface area contributed by atoms with Gasteiger partial charge in [-0.05, 0) is 37.1 Å². The summed E-state index contributed by atoms with van der Waals surface area (Å²) in [6.07, 6.45) is 9.05. The summed E-state index contributed by atoms with van der Waals surface area (Å²) >= 11 is 0. The van der Waals surface area contributed by atoms with Gasteiger partial charge in [-0.15, -0.1) is 0 Å². The van der Waals surface area contributed by atoms with Gasteiger partial charge < -0.3 is 10.6 Å². The van der Waals surface area contributed by atoms with E-state index in [9.17, 15) is 0 Å². The van der Waals surface area contributed by atoms with Crippen molar-refractivity contribution in [2.45, 2.75) is 12.8 Å². The van der Waals surface area contributed by atoms with Crippen molar-refractivity contribution in [1.29, 1.82) is 0 Å². The predicted octanol–water partition coefficient (Wildman–Crippen LogP) is 1.18. The number of nitrogens with zero attached hydrogens (tertiary/aromatic N) is 1. The topological polar surface area (TPSA) is 47.6 Å². The van der Waals surface area contributed by atoms with Crippen LogP contribution in [0, 0.1) is 0 Å². The standard InChI is InChI=1S/C8H12N2O/c9-5-1-2-8-3-6-10-11-7-4-8/h3-4,6-7H,1-2,5,9H2. The molecule has 1 heterocycles. The minimum absolute atomic E-state index is 0.725. The first kappa shape index (κ1) is 8.01. The quantitative estimate of drug-likeness (QED) is 0.660. The monoisotopic (exact) mass is 152 g/mol. The lowest BCUT2D eigenvalue weighted by Crippen LogP contribution is -1.98. The molecule has 0 radical (unpaired) electrons. The van der Waals surface area contributed by atoms with Crippen LogP contribution in [0.3, 0.4) is 0 Å². The number of nitrogens with two attached hydrogens (primary N) is 1. The first-order valence-corrected chi connectivity index (χ1v) is 3.68. The molecule has 11 heavy (non-hydrogen) atoms. The Morgan fingerprint density at radius 3 is 3.27 bits per heavy atom. The van der Waals surface area contributed by atoms with Crippen molar-refractivity contribution in [3.05, 3.63) is 24.0 Å². The van der Waals surface area contributed by atoms with E-state index in [1.54, 1.807) is 12.5 Å². The van der Waals surface area contributed by atoms with Gasteiger partial charge in [-0.3, -0.25) is 0 Å². The highest BCUT2D eigenvalue weighted by atomic mass is 16.6. The summed E-state index contributed by atoms with van der Waals surface area (Å²) in [5.74, 6) is 0. The number of allylic oxidation sites excluding steroid dienone is 3. The Hall–Kier alpha value is -1.09. The zero-order valence-electron chi connectivity index (χ0n) is 6.36. The van der Waals surface area contributed by atoms with Gasteiger partial charge in [0.1, 0.15) is 6.26 Å². The Morgan fingerprint density at radius 2 is 2.45 bits per heavy atom. The minimum Gasteiger partial charge on any atom is -0.365 e. The van der Waals surface area contributed by atoms with Crippen molar-refractivity contribution in [2.75, 3.05) is 6.54 Å². The van der Waals surface area contributed by atoms with Crippen LogP contribution < -0.4 is 5.73 Å². The fourth-order valence-electron chi connectivity index (χ4n) is 0.843. The van der Waals surface area contributed by atoms with Crippen LogP contribution in [0.2, 0.25) is 0 Å². The SMILES string of the molecule is NCCCC1=CC=NOC=C1. The van der Waals surface area contributed by atoms with Crippen molar-refractivity contribution < 1.29 is 4.84 Å². The molecule has 0 amide bonds. The largest absolute Gasteiger partial charge is 0.365 e. The Morgan fingerprint density at radius 1 is 1.55 bits per heavy atom. The van der Waals surface area contributed by atoms with Gasteiger partial charge in [0.2, 0.25) is 0 Å². The van der Waals surface area contributed by atoms with E-state index in [1.807, 2.05) is 12.2 Å². The summed E-state index contributed by atoms with van der Waals surface area (Å²) in [6, 6.07) is 0. The second kappa shape index (κ2) is 4.68. The highest BCUT2D eigenvalue weighted by Gasteiger charge is 1.92. The zero-order valence-corrected chi connectivity index (χ0v) is 6.36. The fourth-order valence-corrected chi connectivity index (χ4v) is 0.843. The third-order valence-corrected chi connectivity index (χ3v) is 1.42. The lowest BCUT2D eigenvalue weighted by molar-refractivity contribution is 0.271. The van der Waals surface area contributed by atoms with E-state index in [-0.39, 0.29) is 0 Å². The second-order valence-electron chi connectivity index (χ2n) is 2.30. The molecule has 0 aromatic carbocycles. The average Bonchev–Trinajstić information content (AvgIpc) is 2.28. The van der Waals surface area contributed by atoms with E-state index in [1.165, 1.54) is 5.57 Å². The molecule has 0 unspecified atom stereocenters. The number of rotatable bonds is 3. The molecule has 0 aliphatic carbocycles. The molecule has 0 saturated heterocycles. The number of oxime groups is 1. The average molecular weight is 152 g/mol. The maximum Gasteiger partial charge on any atom is 0.122 e. The van der Waals surface area contributed by atoms with Crippen molar-refractivity contribution >= 4 is 6.21 Å². The minimum atomic E-state index is 0.725. The Kier molecular flexibility index (Phi) is 3.41. The van der Waals surface area contributed by atoms with E-state index in [4.69, 9.17) is 10.6 Å². The molecule has 1 aliphatic rings. The molecule has 0 bridgehead atoms. The molecule has 0 saturated carbocycles. The van der Waals surface area contributed by atoms with Crippen LogP contribution in [0.25, 0.3) is 0 Å². The summed E-state index contributed by atoms with van der Waals surface area (Å²) in [5.41, 5.74) is 6.57. The van der Waals surface area contributed by atoms with Gasteiger partial charge in [-0.2, -0.15) is 0 Å². The molecule has 1 aliphatic heterocycles. The van der Waals surface area contributed by atoms with Crippen LogP contribution >= 0.6 is 0 Å². The molecule has 0 fully saturated rings. The summed E-state index contributed by atoms with van der Waals surface area (Å²) in [6.45, 7) is 0.725. The van der Waals surface area contributed by atoms with Crippen LogP contribution in [0.15, 0.2) is 29.1 Å². The van der Waals surface area contributed by atoms with Crippen molar-refractivity contribution in [1.82, 2.24) is 0 Å². The maximum atomic E-state index is 5.37. The molecule has 0 spiro atoms. The summed E-state index contributed by atoms with van der Waals surface area (Å²) < 4.78 is 0. The molecule has 1 rings (SSSR count). The van der Waals surface area contributed by atoms with Gasteiger partial charge in [-0.1, -0.05) is 5.16 Å². The first-order valence-electron chi connectivity index (χ1n) is 3.68. The van der Waals surface area contributed by atoms with E-state index in [0.29, 0.717) is 0 Å².